The van der Waals surface area contributed by atoms with Crippen molar-refractivity contribution < 1.29 is 9.90 Å². The van der Waals surface area contributed by atoms with Crippen LogP contribution in [0.5, 0.6) is 0 Å². The predicted octanol–water partition coefficient (Wildman–Crippen LogP) is 2.50. The average molecular weight is 295 g/mol. The van der Waals surface area contributed by atoms with Gasteiger partial charge in [-0.25, -0.2) is 4.98 Å². The standard InChI is InChI=1S/C15H19ClN2O2/c16-11-4-5-12(17-9-11)14(20)18-8-2-7-15(10-18)6-1-3-13(15)19/h4-5,9,13,19H,1-3,6-8,10H2/t13-,15-/m1/s1. The number of halogens is 1. The molecule has 2 fully saturated rings. The number of rotatable bonds is 1. The third-order valence-corrected chi connectivity index (χ3v) is 4.92. The first-order chi connectivity index (χ1) is 9.61. The Morgan fingerprint density at radius 1 is 1.40 bits per heavy atom. The molecule has 1 aliphatic heterocycles. The molecule has 2 heterocycles. The normalized spacial score (nSPS) is 29.9. The summed E-state index contributed by atoms with van der Waals surface area (Å²) in [5, 5.41) is 10.8. The van der Waals surface area contributed by atoms with Gasteiger partial charge in [-0.3, -0.25) is 4.79 Å². The van der Waals surface area contributed by atoms with E-state index in [-0.39, 0.29) is 17.4 Å². The van der Waals surface area contributed by atoms with Gasteiger partial charge >= 0.3 is 0 Å². The molecule has 1 amide bonds. The molecule has 3 rings (SSSR count). The summed E-state index contributed by atoms with van der Waals surface area (Å²) in [4.78, 5) is 18.4. The van der Waals surface area contributed by atoms with E-state index in [2.05, 4.69) is 4.98 Å². The summed E-state index contributed by atoms with van der Waals surface area (Å²) in [7, 11) is 0. The molecule has 0 unspecified atom stereocenters. The molecule has 5 heteroatoms. The minimum absolute atomic E-state index is 0.0557. The molecule has 20 heavy (non-hydrogen) atoms. The van der Waals surface area contributed by atoms with Crippen LogP contribution in [0.4, 0.5) is 0 Å². The van der Waals surface area contributed by atoms with Crippen LogP contribution in [0.3, 0.4) is 0 Å². The van der Waals surface area contributed by atoms with Gasteiger partial charge in [-0.05, 0) is 37.8 Å². The number of hydrogen-bond acceptors (Lipinski definition) is 3. The summed E-state index contributed by atoms with van der Waals surface area (Å²) in [5.74, 6) is -0.0557. The number of nitrogens with zero attached hydrogens (tertiary/aromatic N) is 2. The Morgan fingerprint density at radius 2 is 2.20 bits per heavy atom. The second-order valence-corrected chi connectivity index (χ2v) is 6.40. The van der Waals surface area contributed by atoms with Crippen LogP contribution >= 0.6 is 11.6 Å². The van der Waals surface area contributed by atoms with E-state index in [9.17, 15) is 9.90 Å². The van der Waals surface area contributed by atoms with Crippen LogP contribution in [0.25, 0.3) is 0 Å². The van der Waals surface area contributed by atoms with E-state index >= 15 is 0 Å². The van der Waals surface area contributed by atoms with Crippen molar-refractivity contribution in [3.63, 3.8) is 0 Å². The van der Waals surface area contributed by atoms with Crippen molar-refractivity contribution >= 4 is 17.5 Å². The molecule has 108 valence electrons. The zero-order valence-electron chi connectivity index (χ0n) is 11.4. The summed E-state index contributed by atoms with van der Waals surface area (Å²) in [5.41, 5.74) is 0.347. The summed E-state index contributed by atoms with van der Waals surface area (Å²) in [6, 6.07) is 3.35. The van der Waals surface area contributed by atoms with Crippen molar-refractivity contribution in [2.24, 2.45) is 5.41 Å². The number of likely N-dealkylation sites (tertiary alicyclic amines) is 1. The number of aliphatic hydroxyl groups is 1. The van der Waals surface area contributed by atoms with Gasteiger partial charge in [-0.2, -0.15) is 0 Å². The number of amides is 1. The quantitative estimate of drug-likeness (QED) is 0.866. The molecule has 1 aromatic heterocycles. The largest absolute Gasteiger partial charge is 0.392 e. The number of aliphatic hydroxyl groups excluding tert-OH is 1. The number of aromatic nitrogens is 1. The summed E-state index contributed by atoms with van der Waals surface area (Å²) < 4.78 is 0. The van der Waals surface area contributed by atoms with Crippen LogP contribution < -0.4 is 0 Å². The van der Waals surface area contributed by atoms with Crippen molar-refractivity contribution in [3.05, 3.63) is 29.0 Å². The second kappa shape index (κ2) is 5.34. The Hall–Kier alpha value is -1.13. The Morgan fingerprint density at radius 3 is 2.85 bits per heavy atom. The van der Waals surface area contributed by atoms with Crippen LogP contribution in [-0.2, 0) is 0 Å². The fourth-order valence-electron chi connectivity index (χ4n) is 3.59. The van der Waals surface area contributed by atoms with Gasteiger partial charge in [0.1, 0.15) is 5.69 Å². The minimum atomic E-state index is -0.267. The van der Waals surface area contributed by atoms with Crippen LogP contribution in [0.15, 0.2) is 18.3 Å². The molecule has 1 N–H and O–H groups in total. The lowest BCUT2D eigenvalue weighted by Gasteiger charge is -2.42. The highest BCUT2D eigenvalue weighted by atomic mass is 35.5. The molecule has 2 atom stereocenters. The first-order valence-electron chi connectivity index (χ1n) is 7.20. The highest BCUT2D eigenvalue weighted by Gasteiger charge is 2.45. The Labute approximate surface area is 123 Å². The van der Waals surface area contributed by atoms with Crippen LogP contribution in [0.1, 0.15) is 42.6 Å². The molecular formula is C15H19ClN2O2. The van der Waals surface area contributed by atoms with Crippen molar-refractivity contribution in [1.29, 1.82) is 0 Å². The number of carbonyl (C=O) groups is 1. The van der Waals surface area contributed by atoms with E-state index in [0.717, 1.165) is 38.6 Å². The third kappa shape index (κ3) is 2.42. The van der Waals surface area contributed by atoms with E-state index in [1.54, 1.807) is 12.1 Å². The molecular weight excluding hydrogens is 276 g/mol. The zero-order chi connectivity index (χ0) is 14.2. The fraction of sp³-hybridized carbons (Fsp3) is 0.600. The molecule has 4 nitrogen and oxygen atoms in total. The van der Waals surface area contributed by atoms with Crippen LogP contribution in [-0.4, -0.2) is 40.1 Å². The lowest BCUT2D eigenvalue weighted by atomic mass is 9.76. The maximum atomic E-state index is 12.5. The average Bonchev–Trinajstić information content (AvgIpc) is 2.80. The SMILES string of the molecule is O=C(c1ccc(Cl)cn1)N1CCC[C@]2(CCC[C@H]2O)C1. The van der Waals surface area contributed by atoms with Crippen LogP contribution in [0, 0.1) is 5.41 Å². The fourth-order valence-corrected chi connectivity index (χ4v) is 3.71. The van der Waals surface area contributed by atoms with Gasteiger partial charge in [-0.1, -0.05) is 18.0 Å². The van der Waals surface area contributed by atoms with E-state index < -0.39 is 0 Å². The van der Waals surface area contributed by atoms with E-state index in [0.29, 0.717) is 17.3 Å². The first kappa shape index (κ1) is 13.8. The molecule has 1 saturated heterocycles. The number of pyridine rings is 1. The summed E-state index contributed by atoms with van der Waals surface area (Å²) in [6.45, 7) is 1.40. The molecule has 2 aliphatic rings. The highest BCUT2D eigenvalue weighted by Crippen LogP contribution is 2.45. The van der Waals surface area contributed by atoms with Crippen molar-refractivity contribution in [1.82, 2.24) is 9.88 Å². The second-order valence-electron chi connectivity index (χ2n) is 5.96. The predicted molar refractivity (Wildman–Crippen MR) is 76.7 cm³/mol. The zero-order valence-corrected chi connectivity index (χ0v) is 12.1. The lowest BCUT2D eigenvalue weighted by molar-refractivity contribution is -0.00555. The summed E-state index contributed by atoms with van der Waals surface area (Å²) in [6.07, 6.45) is 6.15. The molecule has 0 aromatic carbocycles. The Balaban J connectivity index is 1.76. The van der Waals surface area contributed by atoms with Crippen LogP contribution in [0.2, 0.25) is 5.02 Å². The molecule has 1 aliphatic carbocycles. The topological polar surface area (TPSA) is 53.4 Å². The monoisotopic (exact) mass is 294 g/mol. The lowest BCUT2D eigenvalue weighted by Crippen LogP contribution is -2.49. The molecule has 1 saturated carbocycles. The molecule has 1 spiro atoms. The van der Waals surface area contributed by atoms with Crippen molar-refractivity contribution in [3.8, 4) is 0 Å². The number of piperidine rings is 1. The minimum Gasteiger partial charge on any atom is -0.392 e. The first-order valence-corrected chi connectivity index (χ1v) is 7.57. The van der Waals surface area contributed by atoms with Gasteiger partial charge in [0.15, 0.2) is 0 Å². The van der Waals surface area contributed by atoms with Gasteiger partial charge in [0, 0.05) is 24.7 Å². The molecule has 0 bridgehead atoms. The molecule has 1 aromatic rings. The highest BCUT2D eigenvalue weighted by molar-refractivity contribution is 6.30. The van der Waals surface area contributed by atoms with Gasteiger partial charge in [0.25, 0.3) is 5.91 Å². The number of carbonyl (C=O) groups excluding carboxylic acids is 1. The van der Waals surface area contributed by atoms with Gasteiger partial charge in [0.2, 0.25) is 0 Å². The van der Waals surface area contributed by atoms with Gasteiger partial charge in [0.05, 0.1) is 11.1 Å². The smallest absolute Gasteiger partial charge is 0.272 e. The Kier molecular flexibility index (Phi) is 3.69. The maximum Gasteiger partial charge on any atom is 0.272 e. The third-order valence-electron chi connectivity index (χ3n) is 4.70. The van der Waals surface area contributed by atoms with Gasteiger partial charge in [-0.15, -0.1) is 0 Å². The van der Waals surface area contributed by atoms with Gasteiger partial charge < -0.3 is 10.0 Å². The molecule has 0 radical (unpaired) electrons. The van der Waals surface area contributed by atoms with E-state index in [4.69, 9.17) is 11.6 Å². The Bertz CT molecular complexity index is 505. The van der Waals surface area contributed by atoms with E-state index in [1.807, 2.05) is 4.90 Å². The summed E-state index contributed by atoms with van der Waals surface area (Å²) >= 11 is 5.80. The van der Waals surface area contributed by atoms with E-state index in [1.165, 1.54) is 6.20 Å². The number of hydrogen-bond donors (Lipinski definition) is 1. The maximum absolute atomic E-state index is 12.5. The van der Waals surface area contributed by atoms with Crippen molar-refractivity contribution in [2.45, 2.75) is 38.2 Å². The van der Waals surface area contributed by atoms with Crippen molar-refractivity contribution in [2.75, 3.05) is 13.1 Å².